The molecular formula is C52H35N3. The first kappa shape index (κ1) is 31.4. The molecule has 258 valence electrons. The summed E-state index contributed by atoms with van der Waals surface area (Å²) < 4.78 is 0. The lowest BCUT2D eigenvalue weighted by Crippen LogP contribution is -2.35. The van der Waals surface area contributed by atoms with Gasteiger partial charge in [-0.1, -0.05) is 182 Å². The molecule has 1 aliphatic heterocycles. The average Bonchev–Trinajstić information content (AvgIpc) is 3.74. The fraction of sp³-hybridized carbons (Fsp3) is 0.0385. The summed E-state index contributed by atoms with van der Waals surface area (Å²) in [6, 6.07) is 72.3. The first-order valence-corrected chi connectivity index (χ1v) is 18.9. The fourth-order valence-electron chi connectivity index (χ4n) is 9.12. The molecule has 0 saturated carbocycles. The fourth-order valence-corrected chi connectivity index (χ4v) is 9.12. The molecule has 0 atom stereocenters. The number of hydrogen-bond acceptors (Lipinski definition) is 3. The molecule has 0 saturated heterocycles. The van der Waals surface area contributed by atoms with E-state index in [-0.39, 0.29) is 11.6 Å². The lowest BCUT2D eigenvalue weighted by atomic mass is 9.70. The summed E-state index contributed by atoms with van der Waals surface area (Å²) >= 11 is 0. The highest BCUT2D eigenvalue weighted by Gasteiger charge is 2.51. The number of rotatable bonds is 5. The van der Waals surface area contributed by atoms with E-state index in [0.717, 1.165) is 39.5 Å². The molecule has 0 unspecified atom stereocenters. The maximum absolute atomic E-state index is 5.13. The molecule has 1 N–H and O–H groups in total. The third-order valence-electron chi connectivity index (χ3n) is 11.5. The zero-order chi connectivity index (χ0) is 36.3. The van der Waals surface area contributed by atoms with E-state index in [1.807, 2.05) is 36.4 Å². The second kappa shape index (κ2) is 12.5. The van der Waals surface area contributed by atoms with E-state index < -0.39 is 0 Å². The first-order valence-electron chi connectivity index (χ1n) is 18.9. The Bertz CT molecular complexity index is 2730. The normalized spacial score (nSPS) is 14.6. The van der Waals surface area contributed by atoms with Gasteiger partial charge in [-0.15, -0.1) is 0 Å². The van der Waals surface area contributed by atoms with Crippen LogP contribution in [0, 0.1) is 0 Å². The van der Waals surface area contributed by atoms with E-state index in [1.54, 1.807) is 0 Å². The van der Waals surface area contributed by atoms with Crippen LogP contribution in [-0.2, 0) is 5.41 Å². The molecule has 0 amide bonds. The maximum Gasteiger partial charge on any atom is 0.169 e. The number of amidine groups is 2. The molecule has 1 spiro atoms. The van der Waals surface area contributed by atoms with Gasteiger partial charge >= 0.3 is 0 Å². The SMILES string of the molecule is c1ccc(C2=NC(c3cccc(-c4cccc(-c5ccc6c(c5)C5(c7ccccc7-c7ccccc75)c5ccccc5-6)c4)c3)N=C(c3ccccc3)N2)cc1. The van der Waals surface area contributed by atoms with Crippen molar-refractivity contribution in [1.29, 1.82) is 0 Å². The number of benzene rings is 8. The van der Waals surface area contributed by atoms with E-state index >= 15 is 0 Å². The van der Waals surface area contributed by atoms with Gasteiger partial charge in [0, 0.05) is 11.1 Å². The number of nitrogens with one attached hydrogen (secondary N) is 1. The van der Waals surface area contributed by atoms with Crippen LogP contribution < -0.4 is 5.32 Å². The van der Waals surface area contributed by atoms with Gasteiger partial charge in [0.05, 0.1) is 5.41 Å². The monoisotopic (exact) mass is 701 g/mol. The summed E-state index contributed by atoms with van der Waals surface area (Å²) in [4.78, 5) is 10.3. The van der Waals surface area contributed by atoms with Crippen molar-refractivity contribution in [2.24, 2.45) is 9.98 Å². The van der Waals surface area contributed by atoms with Crippen LogP contribution in [-0.4, -0.2) is 11.7 Å². The Balaban J connectivity index is 1.01. The molecule has 0 radical (unpaired) electrons. The van der Waals surface area contributed by atoms with Gasteiger partial charge in [0.25, 0.3) is 0 Å². The molecule has 3 nitrogen and oxygen atoms in total. The Morgan fingerprint density at radius 1 is 0.327 bits per heavy atom. The predicted molar refractivity (Wildman–Crippen MR) is 225 cm³/mol. The number of aliphatic imine (C=N–C) groups is 2. The molecule has 0 bridgehead atoms. The second-order valence-corrected chi connectivity index (χ2v) is 14.5. The van der Waals surface area contributed by atoms with Crippen LogP contribution >= 0.6 is 0 Å². The van der Waals surface area contributed by atoms with E-state index in [0.29, 0.717) is 0 Å². The molecule has 11 rings (SSSR count). The van der Waals surface area contributed by atoms with E-state index in [9.17, 15) is 0 Å². The molecular weight excluding hydrogens is 667 g/mol. The lowest BCUT2D eigenvalue weighted by molar-refractivity contribution is 0.756. The van der Waals surface area contributed by atoms with Crippen molar-refractivity contribution in [2.75, 3.05) is 0 Å². The van der Waals surface area contributed by atoms with Crippen molar-refractivity contribution < 1.29 is 0 Å². The molecule has 2 aliphatic carbocycles. The van der Waals surface area contributed by atoms with Gasteiger partial charge in [-0.05, 0) is 90.5 Å². The van der Waals surface area contributed by atoms with Crippen LogP contribution in [0.25, 0.3) is 44.5 Å². The third kappa shape index (κ3) is 4.90. The van der Waals surface area contributed by atoms with Crippen LogP contribution in [0.2, 0.25) is 0 Å². The smallest absolute Gasteiger partial charge is 0.169 e. The topological polar surface area (TPSA) is 36.8 Å². The molecule has 8 aromatic carbocycles. The lowest BCUT2D eigenvalue weighted by Gasteiger charge is -2.30. The number of nitrogens with zero attached hydrogens (tertiary/aromatic N) is 2. The summed E-state index contributed by atoms with van der Waals surface area (Å²) in [5.74, 6) is 1.63. The van der Waals surface area contributed by atoms with Gasteiger partial charge in [0.15, 0.2) is 6.17 Å². The minimum Gasteiger partial charge on any atom is -0.324 e. The minimum absolute atomic E-state index is 0.367. The van der Waals surface area contributed by atoms with Crippen LogP contribution in [0.3, 0.4) is 0 Å². The zero-order valence-electron chi connectivity index (χ0n) is 30.0. The average molecular weight is 702 g/mol. The van der Waals surface area contributed by atoms with E-state index in [2.05, 4.69) is 169 Å². The van der Waals surface area contributed by atoms with Crippen LogP contribution in [0.5, 0.6) is 0 Å². The second-order valence-electron chi connectivity index (χ2n) is 14.5. The van der Waals surface area contributed by atoms with Crippen LogP contribution in [0.1, 0.15) is 45.1 Å². The quantitative estimate of drug-likeness (QED) is 0.191. The molecule has 55 heavy (non-hydrogen) atoms. The highest BCUT2D eigenvalue weighted by molar-refractivity contribution is 6.15. The zero-order valence-corrected chi connectivity index (χ0v) is 30.0. The number of fused-ring (bicyclic) bond motifs is 10. The summed E-state index contributed by atoms with van der Waals surface area (Å²) in [6.07, 6.45) is -0.388. The summed E-state index contributed by atoms with van der Waals surface area (Å²) in [5, 5.41) is 3.51. The van der Waals surface area contributed by atoms with Crippen LogP contribution in [0.4, 0.5) is 0 Å². The van der Waals surface area contributed by atoms with Crippen molar-refractivity contribution in [3.05, 3.63) is 239 Å². The molecule has 8 aromatic rings. The Morgan fingerprint density at radius 3 is 1.29 bits per heavy atom. The summed E-state index contributed by atoms with van der Waals surface area (Å²) in [7, 11) is 0. The van der Waals surface area contributed by atoms with Crippen LogP contribution in [0.15, 0.2) is 210 Å². The molecule has 0 aromatic heterocycles. The van der Waals surface area contributed by atoms with Crippen molar-refractivity contribution >= 4 is 11.7 Å². The Labute approximate surface area is 321 Å². The highest BCUT2D eigenvalue weighted by Crippen LogP contribution is 2.63. The van der Waals surface area contributed by atoms with E-state index in [1.165, 1.54) is 55.6 Å². The largest absolute Gasteiger partial charge is 0.324 e. The highest BCUT2D eigenvalue weighted by atomic mass is 15.2. The van der Waals surface area contributed by atoms with Crippen molar-refractivity contribution in [3.63, 3.8) is 0 Å². The Kier molecular flexibility index (Phi) is 7.14. The Hall–Kier alpha value is -7.10. The van der Waals surface area contributed by atoms with Gasteiger partial charge in [-0.25, -0.2) is 9.98 Å². The summed E-state index contributed by atoms with van der Waals surface area (Å²) in [5.41, 5.74) is 18.1. The summed E-state index contributed by atoms with van der Waals surface area (Å²) in [6.45, 7) is 0. The minimum atomic E-state index is -0.388. The maximum atomic E-state index is 5.13. The standard InChI is InChI=1S/C52H35N3/c1-3-15-34(16-4-1)49-53-50(35-17-5-2-6-18-35)55-51(54-49)40-22-14-21-38(32-40)36-19-13-20-37(31-36)39-29-30-44-43-25-9-12-28-47(43)52(48(44)33-39)45-26-10-7-23-41(45)42-24-8-11-27-46(42)52/h1-33,51H,(H,53,54,55). The van der Waals surface area contributed by atoms with Crippen molar-refractivity contribution in [3.8, 4) is 44.5 Å². The molecule has 0 fully saturated rings. The van der Waals surface area contributed by atoms with Gasteiger partial charge < -0.3 is 5.32 Å². The number of hydrogen-bond donors (Lipinski definition) is 1. The molecule has 3 aliphatic rings. The van der Waals surface area contributed by atoms with Crippen molar-refractivity contribution in [2.45, 2.75) is 11.6 Å². The van der Waals surface area contributed by atoms with Crippen molar-refractivity contribution in [1.82, 2.24) is 5.32 Å². The van der Waals surface area contributed by atoms with E-state index in [4.69, 9.17) is 9.98 Å². The van der Waals surface area contributed by atoms with Gasteiger partial charge in [-0.2, -0.15) is 0 Å². The predicted octanol–water partition coefficient (Wildman–Crippen LogP) is 11.9. The molecule has 1 heterocycles. The first-order chi connectivity index (χ1) is 27.3. The Morgan fingerprint density at radius 2 is 0.745 bits per heavy atom. The molecule has 3 heteroatoms. The van der Waals surface area contributed by atoms with Gasteiger partial charge in [0.1, 0.15) is 11.7 Å². The van der Waals surface area contributed by atoms with Gasteiger partial charge in [-0.3, -0.25) is 0 Å². The third-order valence-corrected chi connectivity index (χ3v) is 11.5. The van der Waals surface area contributed by atoms with Gasteiger partial charge in [0.2, 0.25) is 0 Å².